The summed E-state index contributed by atoms with van der Waals surface area (Å²) in [6.45, 7) is 4.64. The molecule has 1 atom stereocenters. The average molecular weight is 393 g/mol. The van der Waals surface area contributed by atoms with Gasteiger partial charge in [-0.3, -0.25) is 0 Å². The monoisotopic (exact) mass is 391 g/mol. The van der Waals surface area contributed by atoms with Crippen LogP contribution in [0.2, 0.25) is 0 Å². The van der Waals surface area contributed by atoms with Crippen molar-refractivity contribution in [2.24, 2.45) is 0 Å². The van der Waals surface area contributed by atoms with Gasteiger partial charge < -0.3 is 21.5 Å². The molecule has 1 unspecified atom stereocenters. The topological polar surface area (TPSA) is 0 Å². The van der Waals surface area contributed by atoms with Crippen LogP contribution in [0.4, 0.5) is 0 Å². The van der Waals surface area contributed by atoms with E-state index in [0.29, 0.717) is 0 Å². The van der Waals surface area contributed by atoms with Crippen LogP contribution in [0.15, 0.2) is 0 Å². The molecule has 142 valence electrons. The average Bonchev–Trinajstić information content (AvgIpc) is 2.46. The van der Waals surface area contributed by atoms with Crippen LogP contribution in [0.5, 0.6) is 0 Å². The second kappa shape index (κ2) is 17.3. The quantitative estimate of drug-likeness (QED) is 0.276. The zero-order valence-corrected chi connectivity index (χ0v) is 18.6. The minimum Gasteiger partial charge on any atom is -1.00 e. The largest absolute Gasteiger partial charge is 1.00 e. The molecule has 1 nitrogen and oxygen atoms in total. The Hall–Kier alpha value is 0.440. The van der Waals surface area contributed by atoms with E-state index in [1.807, 2.05) is 0 Å². The Morgan fingerprint density at radius 2 is 0.913 bits per heavy atom. The molecule has 0 amide bonds. The van der Waals surface area contributed by atoms with Crippen molar-refractivity contribution >= 4 is 0 Å². The Labute approximate surface area is 159 Å². The molecule has 0 saturated carbocycles. The van der Waals surface area contributed by atoms with E-state index in [4.69, 9.17) is 0 Å². The molecule has 0 aliphatic heterocycles. The third-order valence-electron chi connectivity index (χ3n) is 5.21. The number of halogens is 1. The summed E-state index contributed by atoms with van der Waals surface area (Å²) in [5, 5.41) is 0. The third kappa shape index (κ3) is 17.1. The Kier molecular flexibility index (Phi) is 19.3. The third-order valence-corrected chi connectivity index (χ3v) is 5.21. The first-order chi connectivity index (χ1) is 10.5. The van der Waals surface area contributed by atoms with Crippen LogP contribution in [0, 0.1) is 0 Å². The van der Waals surface area contributed by atoms with Crippen LogP contribution in [0.3, 0.4) is 0 Å². The number of unbranched alkanes of at least 4 members (excludes halogenated alkanes) is 12. The SMILES string of the molecule is CCCCCCCCCCCCCCCC(CC)[N+](C)(C)C.[Br-]. The summed E-state index contributed by atoms with van der Waals surface area (Å²) in [4.78, 5) is 0. The maximum Gasteiger partial charge on any atom is 0.0881 e. The fourth-order valence-corrected chi connectivity index (χ4v) is 3.54. The van der Waals surface area contributed by atoms with Crippen molar-refractivity contribution in [3.63, 3.8) is 0 Å². The lowest BCUT2D eigenvalue weighted by atomic mass is 10.0. The molecule has 0 saturated heterocycles. The summed E-state index contributed by atoms with van der Waals surface area (Å²) in [6.07, 6.45) is 21.7. The molecule has 0 aromatic rings. The van der Waals surface area contributed by atoms with Crippen LogP contribution in [0.25, 0.3) is 0 Å². The van der Waals surface area contributed by atoms with Crippen molar-refractivity contribution in [2.45, 2.75) is 116 Å². The summed E-state index contributed by atoms with van der Waals surface area (Å²) in [5.74, 6) is 0. The van der Waals surface area contributed by atoms with E-state index in [-0.39, 0.29) is 17.0 Å². The van der Waals surface area contributed by atoms with E-state index in [1.54, 1.807) is 0 Å². The summed E-state index contributed by atoms with van der Waals surface area (Å²) >= 11 is 0. The van der Waals surface area contributed by atoms with Crippen molar-refractivity contribution < 1.29 is 21.5 Å². The lowest BCUT2D eigenvalue weighted by Gasteiger charge is -2.33. The minimum atomic E-state index is 0. The maximum absolute atomic E-state index is 2.34. The molecule has 0 radical (unpaired) electrons. The van der Waals surface area contributed by atoms with Gasteiger partial charge in [0.15, 0.2) is 0 Å². The highest BCUT2D eigenvalue weighted by Gasteiger charge is 2.20. The van der Waals surface area contributed by atoms with Gasteiger partial charge in [-0.05, 0) is 19.3 Å². The van der Waals surface area contributed by atoms with E-state index < -0.39 is 0 Å². The predicted octanol–water partition coefficient (Wildman–Crippen LogP) is 3.96. The maximum atomic E-state index is 2.34. The van der Waals surface area contributed by atoms with Gasteiger partial charge in [0.1, 0.15) is 0 Å². The molecule has 0 fully saturated rings. The van der Waals surface area contributed by atoms with Crippen LogP contribution in [-0.2, 0) is 0 Å². The summed E-state index contributed by atoms with van der Waals surface area (Å²) in [7, 11) is 7.03. The molecule has 0 spiro atoms. The zero-order valence-electron chi connectivity index (χ0n) is 17.0. The summed E-state index contributed by atoms with van der Waals surface area (Å²) < 4.78 is 1.13. The van der Waals surface area contributed by atoms with Gasteiger partial charge in [-0.15, -0.1) is 0 Å². The molecule has 0 N–H and O–H groups in total. The molecule has 0 bridgehead atoms. The van der Waals surface area contributed by atoms with Gasteiger partial charge in [-0.1, -0.05) is 90.9 Å². The van der Waals surface area contributed by atoms with Gasteiger partial charge in [0.05, 0.1) is 27.2 Å². The Morgan fingerprint density at radius 3 is 1.22 bits per heavy atom. The van der Waals surface area contributed by atoms with E-state index in [1.165, 1.54) is 96.3 Å². The molecule has 0 rings (SSSR count). The second-order valence-corrected chi connectivity index (χ2v) is 8.21. The van der Waals surface area contributed by atoms with E-state index in [9.17, 15) is 0 Å². The van der Waals surface area contributed by atoms with Crippen LogP contribution in [-0.4, -0.2) is 31.7 Å². The molecule has 23 heavy (non-hydrogen) atoms. The van der Waals surface area contributed by atoms with Gasteiger partial charge >= 0.3 is 0 Å². The van der Waals surface area contributed by atoms with E-state index in [0.717, 1.165) is 10.5 Å². The lowest BCUT2D eigenvalue weighted by Crippen LogP contribution is -3.00. The van der Waals surface area contributed by atoms with Crippen molar-refractivity contribution in [1.29, 1.82) is 0 Å². The smallest absolute Gasteiger partial charge is 0.0881 e. The Morgan fingerprint density at radius 1 is 0.565 bits per heavy atom. The van der Waals surface area contributed by atoms with Crippen molar-refractivity contribution in [3.05, 3.63) is 0 Å². The number of hydrogen-bond acceptors (Lipinski definition) is 0. The standard InChI is InChI=1S/C21H46N.BrH/c1-6-8-9-10-11-12-13-14-15-16-17-18-19-20-21(7-2)22(3,4)5;/h21H,6-20H2,1-5H3;1H/q+1;/p-1. The fraction of sp³-hybridized carbons (Fsp3) is 1.00. The van der Waals surface area contributed by atoms with Crippen molar-refractivity contribution in [2.75, 3.05) is 21.1 Å². The Balaban J connectivity index is 0. The fourth-order valence-electron chi connectivity index (χ4n) is 3.54. The van der Waals surface area contributed by atoms with E-state index in [2.05, 4.69) is 35.0 Å². The van der Waals surface area contributed by atoms with Gasteiger partial charge in [0.2, 0.25) is 0 Å². The van der Waals surface area contributed by atoms with Gasteiger partial charge in [-0.2, -0.15) is 0 Å². The number of hydrogen-bond donors (Lipinski definition) is 0. The predicted molar refractivity (Wildman–Crippen MR) is 102 cm³/mol. The summed E-state index contributed by atoms with van der Waals surface area (Å²) in [6, 6.07) is 0.854. The molecular weight excluding hydrogens is 346 g/mol. The van der Waals surface area contributed by atoms with Crippen LogP contribution >= 0.6 is 0 Å². The van der Waals surface area contributed by atoms with E-state index >= 15 is 0 Å². The van der Waals surface area contributed by atoms with Crippen LogP contribution < -0.4 is 17.0 Å². The first kappa shape index (κ1) is 25.7. The first-order valence-electron chi connectivity index (χ1n) is 10.3. The Bertz CT molecular complexity index is 222. The van der Waals surface area contributed by atoms with Gasteiger partial charge in [0.25, 0.3) is 0 Å². The second-order valence-electron chi connectivity index (χ2n) is 8.21. The summed E-state index contributed by atoms with van der Waals surface area (Å²) in [5.41, 5.74) is 0. The molecule has 0 aromatic carbocycles. The number of quaternary nitrogens is 1. The highest BCUT2D eigenvalue weighted by Crippen LogP contribution is 2.17. The minimum absolute atomic E-state index is 0. The van der Waals surface area contributed by atoms with Gasteiger partial charge in [0, 0.05) is 0 Å². The molecular formula is C21H46BrN. The number of rotatable bonds is 16. The molecule has 0 aliphatic carbocycles. The first-order valence-corrected chi connectivity index (χ1v) is 10.3. The van der Waals surface area contributed by atoms with Crippen LogP contribution in [0.1, 0.15) is 110 Å². The molecule has 0 heterocycles. The highest BCUT2D eigenvalue weighted by atomic mass is 79.9. The molecule has 0 aromatic heterocycles. The zero-order chi connectivity index (χ0) is 16.7. The van der Waals surface area contributed by atoms with Crippen molar-refractivity contribution in [3.8, 4) is 0 Å². The van der Waals surface area contributed by atoms with Gasteiger partial charge in [-0.25, -0.2) is 0 Å². The lowest BCUT2D eigenvalue weighted by molar-refractivity contribution is -0.896. The highest BCUT2D eigenvalue weighted by molar-refractivity contribution is 4.56. The van der Waals surface area contributed by atoms with Crippen molar-refractivity contribution in [1.82, 2.24) is 0 Å². The number of nitrogens with zero attached hydrogens (tertiary/aromatic N) is 1. The normalized spacial score (nSPS) is 12.9. The molecule has 2 heteroatoms. The molecule has 0 aliphatic rings.